The zero-order chi connectivity index (χ0) is 15.4. The highest BCUT2D eigenvalue weighted by atomic mass is 16.2. The van der Waals surface area contributed by atoms with Crippen LogP contribution in [0.1, 0.15) is 15.9 Å². The molecule has 0 spiro atoms. The van der Waals surface area contributed by atoms with Gasteiger partial charge in [-0.05, 0) is 29.0 Å². The van der Waals surface area contributed by atoms with Gasteiger partial charge in [0.15, 0.2) is 5.82 Å². The third kappa shape index (κ3) is 2.98. The molecular weight excluding hydrogens is 276 g/mol. The van der Waals surface area contributed by atoms with Crippen molar-refractivity contribution in [2.24, 2.45) is 0 Å². The van der Waals surface area contributed by atoms with Gasteiger partial charge in [0, 0.05) is 11.6 Å². The van der Waals surface area contributed by atoms with Gasteiger partial charge in [-0.15, -0.1) is 5.10 Å². The van der Waals surface area contributed by atoms with E-state index in [1.54, 1.807) is 6.08 Å². The number of aromatic nitrogens is 4. The molecule has 0 saturated carbocycles. The Hall–Kier alpha value is -3.08. The van der Waals surface area contributed by atoms with Gasteiger partial charge in [-0.1, -0.05) is 60.2 Å². The average molecular weight is 290 g/mol. The standard InChI is InChI=1S/C17H14N4O/c1-13-7-9-14(10-8-13)11-12-16(22)21-17(18-19-20-21)15-5-3-2-4-6-15/h2-12H,1H3/b12-11+. The molecule has 22 heavy (non-hydrogen) atoms. The Morgan fingerprint density at radius 3 is 2.50 bits per heavy atom. The van der Waals surface area contributed by atoms with Crippen LogP contribution < -0.4 is 0 Å². The minimum atomic E-state index is -0.288. The fourth-order valence-electron chi connectivity index (χ4n) is 2.02. The molecule has 0 saturated heterocycles. The van der Waals surface area contributed by atoms with E-state index in [1.807, 2.05) is 61.5 Å². The fourth-order valence-corrected chi connectivity index (χ4v) is 2.02. The van der Waals surface area contributed by atoms with Crippen LogP contribution in [0.2, 0.25) is 0 Å². The number of nitrogens with zero attached hydrogens (tertiary/aromatic N) is 4. The van der Waals surface area contributed by atoms with Crippen LogP contribution in [0.4, 0.5) is 0 Å². The third-order valence-electron chi connectivity index (χ3n) is 3.21. The minimum absolute atomic E-state index is 0.288. The zero-order valence-corrected chi connectivity index (χ0v) is 12.0. The van der Waals surface area contributed by atoms with Crippen LogP contribution in [0.25, 0.3) is 17.5 Å². The number of benzene rings is 2. The highest BCUT2D eigenvalue weighted by Crippen LogP contribution is 2.14. The van der Waals surface area contributed by atoms with Crippen molar-refractivity contribution in [3.63, 3.8) is 0 Å². The van der Waals surface area contributed by atoms with Gasteiger partial charge in [-0.2, -0.15) is 4.68 Å². The van der Waals surface area contributed by atoms with Crippen molar-refractivity contribution in [1.82, 2.24) is 20.2 Å². The predicted octanol–water partition coefficient (Wildman–Crippen LogP) is 3.00. The molecule has 0 N–H and O–H groups in total. The molecule has 3 rings (SSSR count). The van der Waals surface area contributed by atoms with E-state index in [1.165, 1.54) is 16.3 Å². The topological polar surface area (TPSA) is 60.7 Å². The second-order valence-corrected chi connectivity index (χ2v) is 4.86. The van der Waals surface area contributed by atoms with Crippen molar-refractivity contribution in [2.75, 3.05) is 0 Å². The lowest BCUT2D eigenvalue weighted by Gasteiger charge is -2.00. The maximum atomic E-state index is 12.3. The maximum Gasteiger partial charge on any atom is 0.274 e. The smallest absolute Gasteiger partial charge is 0.267 e. The molecule has 0 atom stereocenters. The molecule has 0 aliphatic rings. The Labute approximate surface area is 127 Å². The minimum Gasteiger partial charge on any atom is -0.267 e. The molecule has 0 aliphatic heterocycles. The normalized spacial score (nSPS) is 11.0. The summed E-state index contributed by atoms with van der Waals surface area (Å²) in [5.41, 5.74) is 2.92. The second kappa shape index (κ2) is 6.13. The largest absolute Gasteiger partial charge is 0.274 e. The van der Waals surface area contributed by atoms with Gasteiger partial charge in [0.25, 0.3) is 5.91 Å². The molecule has 5 heteroatoms. The number of carbonyl (C=O) groups is 1. The first-order valence-electron chi connectivity index (χ1n) is 6.87. The van der Waals surface area contributed by atoms with E-state index in [-0.39, 0.29) is 5.91 Å². The van der Waals surface area contributed by atoms with E-state index in [0.717, 1.165) is 11.1 Å². The van der Waals surface area contributed by atoms with Crippen LogP contribution in [0.5, 0.6) is 0 Å². The Morgan fingerprint density at radius 1 is 1.05 bits per heavy atom. The number of rotatable bonds is 3. The zero-order valence-electron chi connectivity index (χ0n) is 12.0. The van der Waals surface area contributed by atoms with Crippen molar-refractivity contribution < 1.29 is 4.79 Å². The summed E-state index contributed by atoms with van der Waals surface area (Å²) in [5, 5.41) is 11.3. The first kappa shape index (κ1) is 13.9. The van der Waals surface area contributed by atoms with Crippen LogP contribution in [0.3, 0.4) is 0 Å². The summed E-state index contributed by atoms with van der Waals surface area (Å²) in [6.07, 6.45) is 3.21. The molecule has 1 aromatic heterocycles. The number of allylic oxidation sites excluding steroid dienone is 1. The van der Waals surface area contributed by atoms with Gasteiger partial charge in [0.2, 0.25) is 0 Å². The molecule has 0 bridgehead atoms. The van der Waals surface area contributed by atoms with Gasteiger partial charge >= 0.3 is 0 Å². The van der Waals surface area contributed by atoms with Crippen molar-refractivity contribution in [3.05, 3.63) is 71.8 Å². The molecule has 5 nitrogen and oxygen atoms in total. The molecule has 3 aromatic rings. The first-order chi connectivity index (χ1) is 10.7. The quantitative estimate of drug-likeness (QED) is 0.549. The Morgan fingerprint density at radius 2 is 1.77 bits per heavy atom. The molecule has 0 aliphatic carbocycles. The van der Waals surface area contributed by atoms with Crippen LogP contribution in [-0.2, 0) is 0 Å². The van der Waals surface area contributed by atoms with Crippen LogP contribution in [0.15, 0.2) is 60.7 Å². The van der Waals surface area contributed by atoms with E-state index in [9.17, 15) is 4.79 Å². The predicted molar refractivity (Wildman–Crippen MR) is 84.1 cm³/mol. The number of aryl methyl sites for hydroxylation is 1. The van der Waals surface area contributed by atoms with Gasteiger partial charge in [0.1, 0.15) is 0 Å². The number of hydrogen-bond donors (Lipinski definition) is 0. The summed E-state index contributed by atoms with van der Waals surface area (Å²) in [6.45, 7) is 2.02. The third-order valence-corrected chi connectivity index (χ3v) is 3.21. The summed E-state index contributed by atoms with van der Waals surface area (Å²) in [6, 6.07) is 17.3. The van der Waals surface area contributed by atoms with Crippen LogP contribution in [-0.4, -0.2) is 26.1 Å². The van der Waals surface area contributed by atoms with E-state index < -0.39 is 0 Å². The lowest BCUT2D eigenvalue weighted by Crippen LogP contribution is -2.11. The molecule has 108 valence electrons. The Balaban J connectivity index is 1.85. The van der Waals surface area contributed by atoms with E-state index in [0.29, 0.717) is 5.82 Å². The molecule has 1 heterocycles. The van der Waals surface area contributed by atoms with E-state index >= 15 is 0 Å². The molecule has 0 amide bonds. The molecular formula is C17H14N4O. The summed E-state index contributed by atoms with van der Waals surface area (Å²) >= 11 is 0. The molecule has 0 unspecified atom stereocenters. The van der Waals surface area contributed by atoms with Crippen molar-refractivity contribution in [2.45, 2.75) is 6.92 Å². The van der Waals surface area contributed by atoms with Gasteiger partial charge in [-0.3, -0.25) is 4.79 Å². The first-order valence-corrected chi connectivity index (χ1v) is 6.87. The highest BCUT2D eigenvalue weighted by molar-refractivity contribution is 5.94. The molecule has 0 fully saturated rings. The average Bonchev–Trinajstić information content (AvgIpc) is 3.04. The summed E-state index contributed by atoms with van der Waals surface area (Å²) in [7, 11) is 0. The Bertz CT molecular complexity index is 804. The summed E-state index contributed by atoms with van der Waals surface area (Å²) in [5.74, 6) is 0.142. The number of tetrazole rings is 1. The molecule has 2 aromatic carbocycles. The maximum absolute atomic E-state index is 12.3. The molecule has 0 radical (unpaired) electrons. The number of carbonyl (C=O) groups excluding carboxylic acids is 1. The summed E-state index contributed by atoms with van der Waals surface area (Å²) < 4.78 is 1.19. The second-order valence-electron chi connectivity index (χ2n) is 4.86. The van der Waals surface area contributed by atoms with Gasteiger partial charge in [-0.25, -0.2) is 0 Å². The van der Waals surface area contributed by atoms with E-state index in [4.69, 9.17) is 0 Å². The van der Waals surface area contributed by atoms with Crippen LogP contribution in [0, 0.1) is 6.92 Å². The highest BCUT2D eigenvalue weighted by Gasteiger charge is 2.12. The van der Waals surface area contributed by atoms with Gasteiger partial charge in [0.05, 0.1) is 0 Å². The van der Waals surface area contributed by atoms with Crippen molar-refractivity contribution in [3.8, 4) is 11.4 Å². The lowest BCUT2D eigenvalue weighted by molar-refractivity contribution is 0.0955. The van der Waals surface area contributed by atoms with Crippen molar-refractivity contribution >= 4 is 12.0 Å². The lowest BCUT2D eigenvalue weighted by atomic mass is 10.1. The SMILES string of the molecule is Cc1ccc(/C=C/C(=O)n2nnnc2-c2ccccc2)cc1. The monoisotopic (exact) mass is 290 g/mol. The Kier molecular flexibility index (Phi) is 3.87. The fraction of sp³-hybridized carbons (Fsp3) is 0.0588. The number of hydrogen-bond acceptors (Lipinski definition) is 4. The van der Waals surface area contributed by atoms with Crippen molar-refractivity contribution in [1.29, 1.82) is 0 Å². The van der Waals surface area contributed by atoms with Gasteiger partial charge < -0.3 is 0 Å². The summed E-state index contributed by atoms with van der Waals surface area (Å²) in [4.78, 5) is 12.3. The van der Waals surface area contributed by atoms with E-state index in [2.05, 4.69) is 15.5 Å². The van der Waals surface area contributed by atoms with Crippen LogP contribution >= 0.6 is 0 Å².